The van der Waals surface area contributed by atoms with Crippen LogP contribution in [0.4, 0.5) is 32.0 Å². The van der Waals surface area contributed by atoms with E-state index in [4.69, 9.17) is 10.9 Å². The smallest absolute Gasteiger partial charge is 0.409 e. The van der Waals surface area contributed by atoms with Crippen molar-refractivity contribution in [3.8, 4) is 0 Å². The van der Waals surface area contributed by atoms with Crippen LogP contribution < -0.4 is 10.6 Å². The van der Waals surface area contributed by atoms with Gasteiger partial charge in [0.25, 0.3) is 0 Å². The molecule has 118 valence electrons. The molecule has 10 heteroatoms. The second-order valence-electron chi connectivity index (χ2n) is 4.18. The summed E-state index contributed by atoms with van der Waals surface area (Å²) in [4.78, 5) is 0.703. The summed E-state index contributed by atoms with van der Waals surface area (Å²) in [5.74, 6) is -0.843. The summed E-state index contributed by atoms with van der Waals surface area (Å²) in [6.45, 7) is -1.35. The standard InChI is InChI=1S/C11H11F6N3O/c1-20(5-10(12,13)14)6-2-3-8(11(15,16)17)7(4-6)9(18)19-21/h2-4,21H,5H2,1H3,(H2,18,19). The van der Waals surface area contributed by atoms with Crippen molar-refractivity contribution in [2.75, 3.05) is 18.5 Å². The highest BCUT2D eigenvalue weighted by Crippen LogP contribution is 2.34. The number of halogens is 6. The van der Waals surface area contributed by atoms with E-state index >= 15 is 0 Å². The van der Waals surface area contributed by atoms with Gasteiger partial charge in [0.1, 0.15) is 6.54 Å². The summed E-state index contributed by atoms with van der Waals surface area (Å²) < 4.78 is 75.1. The number of alkyl halides is 6. The highest BCUT2D eigenvalue weighted by Gasteiger charge is 2.35. The van der Waals surface area contributed by atoms with Gasteiger partial charge < -0.3 is 15.8 Å². The van der Waals surface area contributed by atoms with E-state index in [2.05, 4.69) is 5.16 Å². The lowest BCUT2D eigenvalue weighted by molar-refractivity contribution is -0.137. The fourth-order valence-electron chi connectivity index (χ4n) is 1.64. The molecule has 0 aromatic heterocycles. The fourth-order valence-corrected chi connectivity index (χ4v) is 1.64. The van der Waals surface area contributed by atoms with E-state index in [1.807, 2.05) is 0 Å². The lowest BCUT2D eigenvalue weighted by Crippen LogP contribution is -2.31. The van der Waals surface area contributed by atoms with Crippen molar-refractivity contribution in [2.24, 2.45) is 10.9 Å². The quantitative estimate of drug-likeness (QED) is 0.296. The van der Waals surface area contributed by atoms with E-state index < -0.39 is 35.9 Å². The first kappa shape index (κ1) is 16.9. The number of nitrogens with two attached hydrogens (primary N) is 1. The van der Waals surface area contributed by atoms with Crippen LogP contribution in [-0.4, -0.2) is 30.8 Å². The largest absolute Gasteiger partial charge is 0.417 e. The van der Waals surface area contributed by atoms with Gasteiger partial charge in [-0.05, 0) is 18.2 Å². The number of rotatable bonds is 3. The van der Waals surface area contributed by atoms with Crippen molar-refractivity contribution in [3.05, 3.63) is 29.3 Å². The summed E-state index contributed by atoms with van der Waals surface area (Å²) in [5, 5.41) is 11.0. The maximum atomic E-state index is 12.8. The molecule has 0 amide bonds. The first-order valence-electron chi connectivity index (χ1n) is 5.42. The number of nitrogens with zero attached hydrogens (tertiary/aromatic N) is 2. The van der Waals surface area contributed by atoms with Crippen LogP contribution in [0, 0.1) is 0 Å². The molecule has 0 fully saturated rings. The number of oxime groups is 1. The Bertz CT molecular complexity index is 538. The molecule has 0 aliphatic rings. The molecule has 0 radical (unpaired) electrons. The molecule has 0 saturated heterocycles. The molecule has 1 aromatic rings. The summed E-state index contributed by atoms with van der Waals surface area (Å²) in [6.07, 6.45) is -9.31. The Morgan fingerprint density at radius 2 is 1.81 bits per heavy atom. The number of hydrogen-bond acceptors (Lipinski definition) is 3. The zero-order valence-electron chi connectivity index (χ0n) is 10.6. The number of benzene rings is 1. The topological polar surface area (TPSA) is 61.8 Å². The van der Waals surface area contributed by atoms with Crippen LogP contribution >= 0.6 is 0 Å². The van der Waals surface area contributed by atoms with E-state index in [-0.39, 0.29) is 5.69 Å². The van der Waals surface area contributed by atoms with Gasteiger partial charge in [0, 0.05) is 18.3 Å². The Morgan fingerprint density at radius 3 is 2.24 bits per heavy atom. The van der Waals surface area contributed by atoms with Crippen LogP contribution in [0.3, 0.4) is 0 Å². The van der Waals surface area contributed by atoms with Crippen LogP contribution in [0.5, 0.6) is 0 Å². The molecule has 0 atom stereocenters. The average molecular weight is 315 g/mol. The first-order valence-corrected chi connectivity index (χ1v) is 5.42. The molecule has 1 aromatic carbocycles. The Hall–Kier alpha value is -2.13. The SMILES string of the molecule is CN(CC(F)(F)F)c1ccc(C(F)(F)F)c(/C(N)=N/O)c1. The maximum Gasteiger partial charge on any atom is 0.417 e. The lowest BCUT2D eigenvalue weighted by Gasteiger charge is -2.22. The fraction of sp³-hybridized carbons (Fsp3) is 0.364. The van der Waals surface area contributed by atoms with Gasteiger partial charge in [-0.25, -0.2) is 0 Å². The third-order valence-corrected chi connectivity index (χ3v) is 2.55. The zero-order valence-corrected chi connectivity index (χ0v) is 10.6. The van der Waals surface area contributed by atoms with Gasteiger partial charge >= 0.3 is 12.4 Å². The van der Waals surface area contributed by atoms with Gasteiger partial charge in [-0.15, -0.1) is 0 Å². The normalized spacial score (nSPS) is 13.4. The summed E-state index contributed by atoms with van der Waals surface area (Å²) >= 11 is 0. The third kappa shape index (κ3) is 4.43. The number of amidine groups is 1. The molecule has 4 nitrogen and oxygen atoms in total. The number of anilines is 1. The molecule has 0 aliphatic heterocycles. The molecule has 0 bridgehead atoms. The van der Waals surface area contributed by atoms with Crippen molar-refractivity contribution < 1.29 is 31.5 Å². The molecule has 3 N–H and O–H groups in total. The Balaban J connectivity index is 3.29. The highest BCUT2D eigenvalue weighted by atomic mass is 19.4. The molecule has 0 unspecified atom stereocenters. The van der Waals surface area contributed by atoms with Crippen LogP contribution in [0.25, 0.3) is 0 Å². The molecular weight excluding hydrogens is 304 g/mol. The van der Waals surface area contributed by atoms with Gasteiger partial charge in [-0.1, -0.05) is 5.16 Å². The highest BCUT2D eigenvalue weighted by molar-refractivity contribution is 5.99. The Kier molecular flexibility index (Phi) is 4.59. The summed E-state index contributed by atoms with van der Waals surface area (Å²) in [7, 11) is 1.06. The Labute approximate surface area is 115 Å². The van der Waals surface area contributed by atoms with Gasteiger partial charge in [0.05, 0.1) is 5.56 Å². The van der Waals surface area contributed by atoms with Crippen LogP contribution in [0.1, 0.15) is 11.1 Å². The predicted octanol–water partition coefficient (Wildman–Crippen LogP) is 2.80. The van der Waals surface area contributed by atoms with Gasteiger partial charge in [-0.3, -0.25) is 0 Å². The summed E-state index contributed by atoms with van der Waals surface area (Å²) in [5.41, 5.74) is 3.09. The van der Waals surface area contributed by atoms with Gasteiger partial charge in [-0.2, -0.15) is 26.3 Å². The van der Waals surface area contributed by atoms with E-state index in [0.717, 1.165) is 19.2 Å². The van der Waals surface area contributed by atoms with Crippen LogP contribution in [-0.2, 0) is 6.18 Å². The third-order valence-electron chi connectivity index (χ3n) is 2.55. The van der Waals surface area contributed by atoms with Crippen LogP contribution in [0.2, 0.25) is 0 Å². The number of hydrogen-bond donors (Lipinski definition) is 2. The van der Waals surface area contributed by atoms with Crippen molar-refractivity contribution >= 4 is 11.5 Å². The van der Waals surface area contributed by atoms with Crippen LogP contribution in [0.15, 0.2) is 23.4 Å². The minimum absolute atomic E-state index is 0.151. The van der Waals surface area contributed by atoms with Crippen molar-refractivity contribution in [3.63, 3.8) is 0 Å². The molecular formula is C11H11F6N3O. The second kappa shape index (κ2) is 5.70. The van der Waals surface area contributed by atoms with Crippen molar-refractivity contribution in [1.29, 1.82) is 0 Å². The molecule has 0 spiro atoms. The van der Waals surface area contributed by atoms with Gasteiger partial charge in [0.15, 0.2) is 5.84 Å². The van der Waals surface area contributed by atoms with E-state index in [9.17, 15) is 26.3 Å². The average Bonchev–Trinajstić information content (AvgIpc) is 2.34. The second-order valence-corrected chi connectivity index (χ2v) is 4.18. The molecule has 0 saturated carbocycles. The first-order chi connectivity index (χ1) is 9.45. The lowest BCUT2D eigenvalue weighted by atomic mass is 10.0. The summed E-state index contributed by atoms with van der Waals surface area (Å²) in [6, 6.07) is 2.24. The molecule has 0 aliphatic carbocycles. The van der Waals surface area contributed by atoms with Crippen molar-refractivity contribution in [1.82, 2.24) is 0 Å². The zero-order chi connectivity index (χ0) is 16.4. The predicted molar refractivity (Wildman–Crippen MR) is 63.3 cm³/mol. The molecule has 0 heterocycles. The van der Waals surface area contributed by atoms with E-state index in [1.54, 1.807) is 0 Å². The minimum atomic E-state index is -4.79. The minimum Gasteiger partial charge on any atom is -0.409 e. The van der Waals surface area contributed by atoms with E-state index in [0.29, 0.717) is 11.0 Å². The van der Waals surface area contributed by atoms with Crippen molar-refractivity contribution in [2.45, 2.75) is 12.4 Å². The molecule has 21 heavy (non-hydrogen) atoms. The monoisotopic (exact) mass is 315 g/mol. The van der Waals surface area contributed by atoms with Gasteiger partial charge in [0.2, 0.25) is 0 Å². The maximum absolute atomic E-state index is 12.8. The van der Waals surface area contributed by atoms with E-state index in [1.165, 1.54) is 0 Å². The molecule has 1 rings (SSSR count). The Morgan fingerprint density at radius 1 is 1.24 bits per heavy atom.